The molecule has 1 N–H and O–H groups in total. The Bertz CT molecular complexity index is 1120. The Kier molecular flexibility index (Phi) is 5.12. The molecular weight excluding hydrogens is 374 g/mol. The zero-order valence-electron chi connectivity index (χ0n) is 15.6. The molecule has 3 heterocycles. The van der Waals surface area contributed by atoms with Crippen LogP contribution in [0.4, 0.5) is 5.13 Å². The van der Waals surface area contributed by atoms with Crippen LogP contribution in [-0.2, 0) is 6.42 Å². The number of aryl methyl sites for hydroxylation is 2. The van der Waals surface area contributed by atoms with Crippen molar-refractivity contribution in [3.05, 3.63) is 52.7 Å². The van der Waals surface area contributed by atoms with Gasteiger partial charge in [0.05, 0.1) is 22.3 Å². The zero-order valence-corrected chi connectivity index (χ0v) is 16.4. The minimum absolute atomic E-state index is 0.283. The summed E-state index contributed by atoms with van der Waals surface area (Å²) in [6.07, 6.45) is 3.01. The van der Waals surface area contributed by atoms with Crippen LogP contribution in [0.5, 0.6) is 0 Å². The van der Waals surface area contributed by atoms with Crippen LogP contribution in [0, 0.1) is 6.92 Å². The van der Waals surface area contributed by atoms with E-state index in [1.807, 2.05) is 30.3 Å². The normalized spacial score (nSPS) is 11.1. The Balaban J connectivity index is 1.69. The largest absolute Gasteiger partial charge is 0.335 e. The predicted octanol–water partition coefficient (Wildman–Crippen LogP) is 4.64. The Hall–Kier alpha value is -3.13. The van der Waals surface area contributed by atoms with Gasteiger partial charge in [-0.2, -0.15) is 0 Å². The highest BCUT2D eigenvalue weighted by Crippen LogP contribution is 2.28. The lowest BCUT2D eigenvalue weighted by Crippen LogP contribution is -2.13. The molecule has 8 heteroatoms. The standard InChI is InChI=1S/C20H19N5O2S/c1-3-4-10-16-23-24-20(28-16)22-18(26)14-11-15(13-8-6-5-7-9-13)21-19-17(14)12(2)25-27-19/h5-9,11H,3-4,10H2,1-2H3,(H,22,24,26). The number of rotatable bonds is 6. The van der Waals surface area contributed by atoms with Crippen molar-refractivity contribution in [3.63, 3.8) is 0 Å². The molecule has 0 saturated carbocycles. The summed E-state index contributed by atoms with van der Waals surface area (Å²) in [5.74, 6) is -0.283. The molecule has 1 amide bonds. The topological polar surface area (TPSA) is 93.8 Å². The van der Waals surface area contributed by atoms with Crippen molar-refractivity contribution in [2.45, 2.75) is 33.1 Å². The van der Waals surface area contributed by atoms with E-state index in [2.05, 4.69) is 32.6 Å². The first-order chi connectivity index (χ1) is 13.7. The molecule has 142 valence electrons. The van der Waals surface area contributed by atoms with Crippen LogP contribution in [-0.4, -0.2) is 26.2 Å². The van der Waals surface area contributed by atoms with E-state index < -0.39 is 0 Å². The van der Waals surface area contributed by atoms with Gasteiger partial charge in [-0.05, 0) is 19.4 Å². The molecular formula is C20H19N5O2S. The summed E-state index contributed by atoms with van der Waals surface area (Å²) in [6, 6.07) is 11.4. The molecule has 3 aromatic heterocycles. The Morgan fingerprint density at radius 1 is 1.21 bits per heavy atom. The second-order valence-corrected chi connectivity index (χ2v) is 7.49. The summed E-state index contributed by atoms with van der Waals surface area (Å²) in [6.45, 7) is 3.92. The zero-order chi connectivity index (χ0) is 19.5. The van der Waals surface area contributed by atoms with Gasteiger partial charge in [-0.3, -0.25) is 10.1 Å². The summed E-state index contributed by atoms with van der Waals surface area (Å²) >= 11 is 1.40. The maximum absolute atomic E-state index is 13.0. The fourth-order valence-corrected chi connectivity index (χ4v) is 3.70. The molecule has 0 atom stereocenters. The van der Waals surface area contributed by atoms with Gasteiger partial charge >= 0.3 is 0 Å². The highest BCUT2D eigenvalue weighted by molar-refractivity contribution is 7.15. The number of hydrogen-bond donors (Lipinski definition) is 1. The van der Waals surface area contributed by atoms with Crippen LogP contribution in [0.3, 0.4) is 0 Å². The number of benzene rings is 1. The first kappa shape index (κ1) is 18.2. The minimum atomic E-state index is -0.283. The lowest BCUT2D eigenvalue weighted by molar-refractivity contribution is 0.102. The number of anilines is 1. The van der Waals surface area contributed by atoms with Crippen LogP contribution >= 0.6 is 11.3 Å². The number of hydrogen-bond acceptors (Lipinski definition) is 7. The number of pyridine rings is 1. The van der Waals surface area contributed by atoms with Crippen LogP contribution in [0.25, 0.3) is 22.4 Å². The van der Waals surface area contributed by atoms with E-state index in [1.54, 1.807) is 13.0 Å². The Morgan fingerprint density at radius 2 is 2.04 bits per heavy atom. The number of aromatic nitrogens is 4. The molecule has 7 nitrogen and oxygen atoms in total. The lowest BCUT2D eigenvalue weighted by Gasteiger charge is -2.06. The van der Waals surface area contributed by atoms with Crippen molar-refractivity contribution in [1.29, 1.82) is 0 Å². The molecule has 0 radical (unpaired) electrons. The van der Waals surface area contributed by atoms with Gasteiger partial charge in [0.15, 0.2) is 0 Å². The van der Waals surface area contributed by atoms with Gasteiger partial charge in [-0.15, -0.1) is 10.2 Å². The van der Waals surface area contributed by atoms with Crippen molar-refractivity contribution in [3.8, 4) is 11.3 Å². The van der Waals surface area contributed by atoms with Gasteiger partial charge in [0, 0.05) is 12.0 Å². The first-order valence-electron chi connectivity index (χ1n) is 9.12. The number of unbranched alkanes of at least 4 members (excludes halogenated alkanes) is 1. The molecule has 4 aromatic rings. The third kappa shape index (κ3) is 3.63. The first-order valence-corrected chi connectivity index (χ1v) is 9.93. The van der Waals surface area contributed by atoms with Crippen LogP contribution in [0.2, 0.25) is 0 Å². The van der Waals surface area contributed by atoms with Crippen LogP contribution < -0.4 is 5.32 Å². The molecule has 0 aliphatic carbocycles. The fraction of sp³-hybridized carbons (Fsp3) is 0.250. The van der Waals surface area contributed by atoms with Gasteiger partial charge in [-0.1, -0.05) is 60.2 Å². The van der Waals surface area contributed by atoms with E-state index in [-0.39, 0.29) is 5.91 Å². The summed E-state index contributed by atoms with van der Waals surface area (Å²) in [5.41, 5.74) is 2.95. The molecule has 0 unspecified atom stereocenters. The van der Waals surface area contributed by atoms with Crippen molar-refractivity contribution in [1.82, 2.24) is 20.3 Å². The molecule has 4 rings (SSSR count). The van der Waals surface area contributed by atoms with E-state index in [0.29, 0.717) is 33.2 Å². The summed E-state index contributed by atoms with van der Waals surface area (Å²) in [5, 5.41) is 17.1. The van der Waals surface area contributed by atoms with E-state index in [4.69, 9.17) is 4.52 Å². The van der Waals surface area contributed by atoms with Gasteiger partial charge in [-0.25, -0.2) is 4.98 Å². The van der Waals surface area contributed by atoms with E-state index in [9.17, 15) is 4.79 Å². The van der Waals surface area contributed by atoms with E-state index in [1.165, 1.54) is 11.3 Å². The maximum Gasteiger partial charge on any atom is 0.259 e. The highest BCUT2D eigenvalue weighted by atomic mass is 32.1. The summed E-state index contributed by atoms with van der Waals surface area (Å²) in [7, 11) is 0. The maximum atomic E-state index is 13.0. The molecule has 0 saturated heterocycles. The number of amides is 1. The highest BCUT2D eigenvalue weighted by Gasteiger charge is 2.20. The smallest absolute Gasteiger partial charge is 0.259 e. The summed E-state index contributed by atoms with van der Waals surface area (Å²) < 4.78 is 5.33. The predicted molar refractivity (Wildman–Crippen MR) is 108 cm³/mol. The molecule has 1 aromatic carbocycles. The van der Waals surface area contributed by atoms with Crippen molar-refractivity contribution < 1.29 is 9.32 Å². The quantitative estimate of drug-likeness (QED) is 0.513. The van der Waals surface area contributed by atoms with Gasteiger partial charge in [0.25, 0.3) is 11.6 Å². The van der Waals surface area contributed by atoms with Crippen LogP contribution in [0.15, 0.2) is 40.9 Å². The van der Waals surface area contributed by atoms with Gasteiger partial charge < -0.3 is 4.52 Å². The number of carbonyl (C=O) groups excluding carboxylic acids is 1. The molecule has 0 fully saturated rings. The second-order valence-electron chi connectivity index (χ2n) is 6.43. The molecule has 0 bridgehead atoms. The molecule has 28 heavy (non-hydrogen) atoms. The van der Waals surface area contributed by atoms with Crippen LogP contribution in [0.1, 0.15) is 40.8 Å². The van der Waals surface area contributed by atoms with Gasteiger partial charge in [0.2, 0.25) is 5.13 Å². The number of nitrogens with one attached hydrogen (secondary N) is 1. The third-order valence-electron chi connectivity index (χ3n) is 4.36. The second kappa shape index (κ2) is 7.85. The fourth-order valence-electron chi connectivity index (χ4n) is 2.93. The number of carbonyl (C=O) groups is 1. The lowest BCUT2D eigenvalue weighted by atomic mass is 10.1. The average Bonchev–Trinajstić information content (AvgIpc) is 3.33. The van der Waals surface area contributed by atoms with Crippen molar-refractivity contribution in [2.24, 2.45) is 0 Å². The number of fused-ring (bicyclic) bond motifs is 1. The Morgan fingerprint density at radius 3 is 2.82 bits per heavy atom. The van der Waals surface area contributed by atoms with E-state index >= 15 is 0 Å². The number of nitrogens with zero attached hydrogens (tertiary/aromatic N) is 4. The summed E-state index contributed by atoms with van der Waals surface area (Å²) in [4.78, 5) is 17.5. The van der Waals surface area contributed by atoms with E-state index in [0.717, 1.165) is 29.8 Å². The molecule has 0 aliphatic heterocycles. The monoisotopic (exact) mass is 393 g/mol. The Labute approximate surface area is 165 Å². The SMILES string of the molecule is CCCCc1nnc(NC(=O)c2cc(-c3ccccc3)nc3onc(C)c23)s1. The molecule has 0 spiro atoms. The molecule has 0 aliphatic rings. The third-order valence-corrected chi connectivity index (χ3v) is 5.26. The van der Waals surface area contributed by atoms with Crippen molar-refractivity contribution in [2.75, 3.05) is 5.32 Å². The van der Waals surface area contributed by atoms with Gasteiger partial charge in [0.1, 0.15) is 5.01 Å². The minimum Gasteiger partial charge on any atom is -0.335 e. The van der Waals surface area contributed by atoms with Crippen molar-refractivity contribution >= 4 is 33.5 Å². The average molecular weight is 393 g/mol.